The highest BCUT2D eigenvalue weighted by Gasteiger charge is 2.44. The molecule has 0 bridgehead atoms. The average Bonchev–Trinajstić information content (AvgIpc) is 3.11. The minimum Gasteiger partial charge on any atom is -0.330 e. The molecule has 3 aromatic rings. The average molecular weight is 414 g/mol. The minimum atomic E-state index is -0.870. The van der Waals surface area contributed by atoms with Crippen molar-refractivity contribution in [3.63, 3.8) is 0 Å². The summed E-state index contributed by atoms with van der Waals surface area (Å²) >= 11 is 3.44. The van der Waals surface area contributed by atoms with E-state index in [-0.39, 0.29) is 11.7 Å². The maximum Gasteiger partial charge on any atom is 0.253 e. The number of aromatic nitrogens is 2. The van der Waals surface area contributed by atoms with Crippen molar-refractivity contribution >= 4 is 21.8 Å². The molecule has 0 spiro atoms. The first-order valence-corrected chi connectivity index (χ1v) is 9.09. The molecule has 2 heterocycles. The number of hydrogen-bond acceptors (Lipinski definition) is 2. The van der Waals surface area contributed by atoms with Crippen molar-refractivity contribution in [1.29, 1.82) is 0 Å². The van der Waals surface area contributed by atoms with Crippen LogP contribution in [0.3, 0.4) is 0 Å². The molecule has 4 nitrogen and oxygen atoms in total. The van der Waals surface area contributed by atoms with Crippen LogP contribution in [0.2, 0.25) is 0 Å². The molecule has 0 saturated heterocycles. The Labute approximate surface area is 159 Å². The summed E-state index contributed by atoms with van der Waals surface area (Å²) in [7, 11) is 0. The number of amides is 1. The zero-order chi connectivity index (χ0) is 18.3. The number of imidazole rings is 1. The molecule has 1 amide bonds. The molecule has 0 N–H and O–H groups in total. The summed E-state index contributed by atoms with van der Waals surface area (Å²) in [6.45, 7) is 2.82. The fourth-order valence-electron chi connectivity index (χ4n) is 3.50. The lowest BCUT2D eigenvalue weighted by Crippen LogP contribution is -2.53. The van der Waals surface area contributed by atoms with Crippen LogP contribution in [0.1, 0.15) is 23.7 Å². The highest BCUT2D eigenvalue weighted by Crippen LogP contribution is 2.35. The molecule has 6 heteroatoms. The fraction of sp³-hybridized carbons (Fsp3) is 0.200. The Balaban J connectivity index is 1.75. The van der Waals surface area contributed by atoms with Crippen molar-refractivity contribution < 1.29 is 9.18 Å². The van der Waals surface area contributed by atoms with Crippen molar-refractivity contribution in [2.45, 2.75) is 25.6 Å². The Morgan fingerprint density at radius 2 is 1.85 bits per heavy atom. The number of rotatable bonds is 3. The Morgan fingerprint density at radius 3 is 2.54 bits per heavy atom. The molecule has 4 rings (SSSR count). The SMILES string of the molecule is CC1(c2ccc(Br)cc2)C(=O)N(Cc2ccc(F)cc2)Cc2cncn21. The quantitative estimate of drug-likeness (QED) is 0.648. The molecule has 26 heavy (non-hydrogen) atoms. The van der Waals surface area contributed by atoms with E-state index >= 15 is 0 Å². The van der Waals surface area contributed by atoms with Crippen molar-refractivity contribution in [1.82, 2.24) is 14.5 Å². The van der Waals surface area contributed by atoms with Crippen molar-refractivity contribution in [3.05, 3.63) is 88.2 Å². The van der Waals surface area contributed by atoms with Gasteiger partial charge in [-0.2, -0.15) is 0 Å². The van der Waals surface area contributed by atoms with Crippen LogP contribution in [0.25, 0.3) is 0 Å². The van der Waals surface area contributed by atoms with Gasteiger partial charge in [0.2, 0.25) is 0 Å². The first-order chi connectivity index (χ1) is 12.5. The van der Waals surface area contributed by atoms with E-state index in [0.29, 0.717) is 13.1 Å². The van der Waals surface area contributed by atoms with Crippen LogP contribution in [0.5, 0.6) is 0 Å². The summed E-state index contributed by atoms with van der Waals surface area (Å²) in [5.41, 5.74) is 1.89. The number of fused-ring (bicyclic) bond motifs is 1. The first-order valence-electron chi connectivity index (χ1n) is 8.30. The summed E-state index contributed by atoms with van der Waals surface area (Å²) in [6.07, 6.45) is 3.51. The maximum atomic E-state index is 13.5. The zero-order valence-electron chi connectivity index (χ0n) is 14.2. The predicted molar refractivity (Wildman–Crippen MR) is 99.8 cm³/mol. The third-order valence-corrected chi connectivity index (χ3v) is 5.48. The number of hydrogen-bond donors (Lipinski definition) is 0. The third kappa shape index (κ3) is 2.74. The molecule has 0 radical (unpaired) electrons. The van der Waals surface area contributed by atoms with Gasteiger partial charge < -0.3 is 9.47 Å². The van der Waals surface area contributed by atoms with E-state index in [4.69, 9.17) is 0 Å². The second kappa shape index (κ2) is 6.36. The smallest absolute Gasteiger partial charge is 0.253 e. The van der Waals surface area contributed by atoms with Crippen molar-refractivity contribution in [3.8, 4) is 0 Å². The molecule has 0 saturated carbocycles. The first kappa shape index (κ1) is 17.0. The van der Waals surface area contributed by atoms with Gasteiger partial charge in [0.15, 0.2) is 0 Å². The van der Waals surface area contributed by atoms with Gasteiger partial charge in [-0.15, -0.1) is 0 Å². The molecule has 1 aliphatic rings. The number of benzene rings is 2. The van der Waals surface area contributed by atoms with E-state index in [2.05, 4.69) is 20.9 Å². The van der Waals surface area contributed by atoms with E-state index in [0.717, 1.165) is 21.3 Å². The fourth-order valence-corrected chi connectivity index (χ4v) is 3.76. The molecule has 1 unspecified atom stereocenters. The van der Waals surface area contributed by atoms with Crippen molar-refractivity contribution in [2.75, 3.05) is 0 Å². The van der Waals surface area contributed by atoms with Gasteiger partial charge in [0, 0.05) is 17.2 Å². The summed E-state index contributed by atoms with van der Waals surface area (Å²) in [5, 5.41) is 0. The molecular formula is C20H17BrFN3O. The van der Waals surface area contributed by atoms with E-state index in [1.165, 1.54) is 12.1 Å². The lowest BCUT2D eigenvalue weighted by molar-refractivity contribution is -0.141. The van der Waals surface area contributed by atoms with Gasteiger partial charge in [0.05, 0.1) is 18.6 Å². The van der Waals surface area contributed by atoms with Crippen molar-refractivity contribution in [2.24, 2.45) is 0 Å². The number of halogens is 2. The largest absolute Gasteiger partial charge is 0.330 e. The lowest BCUT2D eigenvalue weighted by atomic mass is 9.87. The number of carbonyl (C=O) groups excluding carboxylic acids is 1. The van der Waals surface area contributed by atoms with Gasteiger partial charge in [-0.1, -0.05) is 40.2 Å². The molecule has 1 aliphatic heterocycles. The van der Waals surface area contributed by atoms with Gasteiger partial charge in [0.25, 0.3) is 5.91 Å². The number of carbonyl (C=O) groups is 1. The second-order valence-corrected chi connectivity index (χ2v) is 7.54. The van der Waals surface area contributed by atoms with Crippen LogP contribution < -0.4 is 0 Å². The van der Waals surface area contributed by atoms with E-state index < -0.39 is 5.54 Å². The highest BCUT2D eigenvalue weighted by molar-refractivity contribution is 9.10. The summed E-state index contributed by atoms with van der Waals surface area (Å²) in [4.78, 5) is 19.5. The predicted octanol–water partition coefficient (Wildman–Crippen LogP) is 4.09. The van der Waals surface area contributed by atoms with E-state index in [1.807, 2.05) is 35.8 Å². The summed E-state index contributed by atoms with van der Waals surface area (Å²) in [6, 6.07) is 14.0. The van der Waals surface area contributed by atoms with E-state index in [1.54, 1.807) is 29.6 Å². The summed E-state index contributed by atoms with van der Waals surface area (Å²) in [5.74, 6) is -0.286. The van der Waals surface area contributed by atoms with Crippen LogP contribution in [-0.4, -0.2) is 20.4 Å². The molecule has 0 aliphatic carbocycles. The Hall–Kier alpha value is -2.47. The monoisotopic (exact) mass is 413 g/mol. The second-order valence-electron chi connectivity index (χ2n) is 6.62. The standard InChI is InChI=1S/C20H17BrFN3O/c1-20(15-4-6-16(21)7-5-15)19(26)24(12-18-10-23-13-25(18)20)11-14-2-8-17(22)9-3-14/h2-10,13H,11-12H2,1H3. The van der Waals surface area contributed by atoms with Crippen LogP contribution in [0.15, 0.2) is 65.5 Å². The normalized spacial score (nSPS) is 19.5. The Morgan fingerprint density at radius 1 is 1.15 bits per heavy atom. The highest BCUT2D eigenvalue weighted by atomic mass is 79.9. The number of nitrogens with zero attached hydrogens (tertiary/aromatic N) is 3. The molecule has 1 aromatic heterocycles. The van der Waals surface area contributed by atoms with Crippen LogP contribution >= 0.6 is 15.9 Å². The minimum absolute atomic E-state index is 0.00496. The molecule has 2 aromatic carbocycles. The van der Waals surface area contributed by atoms with Gasteiger partial charge in [-0.3, -0.25) is 4.79 Å². The molecule has 0 fully saturated rings. The Bertz CT molecular complexity index is 952. The van der Waals surface area contributed by atoms with Crippen LogP contribution in [0, 0.1) is 5.82 Å². The van der Waals surface area contributed by atoms with Crippen LogP contribution in [-0.2, 0) is 23.4 Å². The molecule has 1 atom stereocenters. The van der Waals surface area contributed by atoms with Gasteiger partial charge in [-0.05, 0) is 42.3 Å². The van der Waals surface area contributed by atoms with Crippen LogP contribution in [0.4, 0.5) is 4.39 Å². The van der Waals surface area contributed by atoms with Gasteiger partial charge >= 0.3 is 0 Å². The molecule has 132 valence electrons. The summed E-state index contributed by atoms with van der Waals surface area (Å²) < 4.78 is 16.1. The topological polar surface area (TPSA) is 38.1 Å². The van der Waals surface area contributed by atoms with Gasteiger partial charge in [-0.25, -0.2) is 9.37 Å². The maximum absolute atomic E-state index is 13.5. The molecular weight excluding hydrogens is 397 g/mol. The van der Waals surface area contributed by atoms with E-state index in [9.17, 15) is 9.18 Å². The Kier molecular flexibility index (Phi) is 4.15. The van der Waals surface area contributed by atoms with Gasteiger partial charge in [0.1, 0.15) is 11.4 Å². The lowest BCUT2D eigenvalue weighted by Gasteiger charge is -2.41. The zero-order valence-corrected chi connectivity index (χ0v) is 15.8. The third-order valence-electron chi connectivity index (χ3n) is 4.95.